The molecule has 3 rings (SSSR count). The summed E-state index contributed by atoms with van der Waals surface area (Å²) in [7, 11) is 0. The van der Waals surface area contributed by atoms with Crippen LogP contribution in [0.25, 0.3) is 5.69 Å². The number of carbonyl (C=O) groups excluding carboxylic acids is 1. The Morgan fingerprint density at radius 1 is 1.12 bits per heavy atom. The van der Waals surface area contributed by atoms with Crippen molar-refractivity contribution in [2.24, 2.45) is 0 Å². The normalized spacial score (nSPS) is 14.9. The van der Waals surface area contributed by atoms with Gasteiger partial charge < -0.3 is 15.4 Å². The van der Waals surface area contributed by atoms with Crippen molar-refractivity contribution in [2.45, 2.75) is 12.8 Å². The molecule has 2 N–H and O–H groups in total. The number of nitrogens with one attached hydrogen (secondary N) is 2. The van der Waals surface area contributed by atoms with E-state index >= 15 is 0 Å². The van der Waals surface area contributed by atoms with E-state index in [1.54, 1.807) is 0 Å². The highest BCUT2D eigenvalue weighted by atomic mass is 16.5. The molecule has 0 bridgehead atoms. The van der Waals surface area contributed by atoms with E-state index in [0.29, 0.717) is 13.1 Å². The van der Waals surface area contributed by atoms with Gasteiger partial charge in [0.15, 0.2) is 0 Å². The molecule has 1 saturated heterocycles. The van der Waals surface area contributed by atoms with Crippen molar-refractivity contribution < 1.29 is 9.53 Å². The Bertz CT molecular complexity index is 668. The summed E-state index contributed by atoms with van der Waals surface area (Å²) in [5.41, 5.74) is 2.13. The van der Waals surface area contributed by atoms with Crippen molar-refractivity contribution in [3.63, 3.8) is 0 Å². The number of ether oxygens (including phenoxy) is 1. The van der Waals surface area contributed by atoms with Crippen LogP contribution in [0.3, 0.4) is 0 Å². The molecular weight excluding hydrogens is 330 g/mol. The molecule has 2 amide bonds. The number of morpholine rings is 1. The first kappa shape index (κ1) is 18.4. The van der Waals surface area contributed by atoms with Crippen molar-refractivity contribution in [2.75, 3.05) is 45.9 Å². The Hall–Kier alpha value is -2.38. The number of carbonyl (C=O) groups is 1. The molecule has 1 aromatic heterocycles. The number of amides is 2. The lowest BCUT2D eigenvalue weighted by Crippen LogP contribution is -2.40. The second kappa shape index (κ2) is 9.94. The van der Waals surface area contributed by atoms with Crippen molar-refractivity contribution in [1.82, 2.24) is 25.3 Å². The second-order valence-electron chi connectivity index (χ2n) is 6.37. The van der Waals surface area contributed by atoms with Crippen LogP contribution < -0.4 is 10.6 Å². The monoisotopic (exact) mass is 357 g/mol. The summed E-state index contributed by atoms with van der Waals surface area (Å²) in [6.45, 7) is 5.89. The fraction of sp³-hybridized carbons (Fsp3) is 0.474. The third kappa shape index (κ3) is 5.86. The topological polar surface area (TPSA) is 71.4 Å². The molecule has 0 spiro atoms. The van der Waals surface area contributed by atoms with Crippen LogP contribution in [0.2, 0.25) is 0 Å². The van der Waals surface area contributed by atoms with Crippen LogP contribution in [0.15, 0.2) is 42.7 Å². The van der Waals surface area contributed by atoms with Gasteiger partial charge >= 0.3 is 6.03 Å². The summed E-state index contributed by atoms with van der Waals surface area (Å²) < 4.78 is 7.17. The van der Waals surface area contributed by atoms with E-state index in [2.05, 4.69) is 20.6 Å². The number of rotatable bonds is 8. The fourth-order valence-electron chi connectivity index (χ4n) is 2.92. The summed E-state index contributed by atoms with van der Waals surface area (Å²) in [5, 5.41) is 10.2. The Labute approximate surface area is 154 Å². The highest BCUT2D eigenvalue weighted by Gasteiger charge is 2.09. The zero-order chi connectivity index (χ0) is 18.0. The van der Waals surface area contributed by atoms with E-state index < -0.39 is 0 Å². The number of hydrogen-bond donors (Lipinski definition) is 2. The number of para-hydroxylation sites is 1. The molecule has 2 aromatic rings. The molecule has 1 aliphatic heterocycles. The minimum absolute atomic E-state index is 0.109. The minimum Gasteiger partial charge on any atom is -0.379 e. The lowest BCUT2D eigenvalue weighted by molar-refractivity contribution is 0.0375. The van der Waals surface area contributed by atoms with Crippen LogP contribution in [0.4, 0.5) is 4.79 Å². The van der Waals surface area contributed by atoms with Crippen LogP contribution in [0.1, 0.15) is 12.0 Å². The van der Waals surface area contributed by atoms with Crippen molar-refractivity contribution >= 4 is 6.03 Å². The van der Waals surface area contributed by atoms with Gasteiger partial charge in [0.1, 0.15) is 0 Å². The molecule has 0 radical (unpaired) electrons. The molecule has 1 aromatic carbocycles. The smallest absolute Gasteiger partial charge is 0.314 e. The molecule has 0 atom stereocenters. The third-order valence-corrected chi connectivity index (χ3v) is 4.40. The number of aromatic nitrogens is 2. The van der Waals surface area contributed by atoms with Crippen molar-refractivity contribution in [1.29, 1.82) is 0 Å². The van der Waals surface area contributed by atoms with Crippen LogP contribution in [0, 0.1) is 0 Å². The van der Waals surface area contributed by atoms with E-state index in [1.807, 2.05) is 47.4 Å². The Kier molecular flexibility index (Phi) is 7.04. The van der Waals surface area contributed by atoms with E-state index in [-0.39, 0.29) is 6.03 Å². The van der Waals surface area contributed by atoms with Crippen molar-refractivity contribution in [3.05, 3.63) is 48.3 Å². The van der Waals surface area contributed by atoms with Crippen LogP contribution >= 0.6 is 0 Å². The Morgan fingerprint density at radius 3 is 2.69 bits per heavy atom. The molecule has 1 aliphatic rings. The van der Waals surface area contributed by atoms with E-state index in [4.69, 9.17) is 4.74 Å². The highest BCUT2D eigenvalue weighted by Crippen LogP contribution is 2.07. The summed E-state index contributed by atoms with van der Waals surface area (Å²) in [4.78, 5) is 14.2. The lowest BCUT2D eigenvalue weighted by Gasteiger charge is -2.26. The highest BCUT2D eigenvalue weighted by molar-refractivity contribution is 5.73. The largest absolute Gasteiger partial charge is 0.379 e. The molecule has 1 fully saturated rings. The third-order valence-electron chi connectivity index (χ3n) is 4.40. The molecule has 2 heterocycles. The number of nitrogens with zero attached hydrogens (tertiary/aromatic N) is 3. The molecule has 0 saturated carbocycles. The zero-order valence-corrected chi connectivity index (χ0v) is 15.1. The first-order valence-electron chi connectivity index (χ1n) is 9.22. The molecule has 26 heavy (non-hydrogen) atoms. The summed E-state index contributed by atoms with van der Waals surface area (Å²) in [5.74, 6) is 0. The molecule has 7 nitrogen and oxygen atoms in total. The molecular formula is C19H27N5O2. The van der Waals surface area contributed by atoms with Crippen LogP contribution in [-0.4, -0.2) is 66.6 Å². The Balaban J connectivity index is 1.28. The van der Waals surface area contributed by atoms with E-state index in [0.717, 1.165) is 56.9 Å². The molecule has 140 valence electrons. The zero-order valence-electron chi connectivity index (χ0n) is 15.1. The van der Waals surface area contributed by atoms with Crippen LogP contribution in [-0.2, 0) is 11.2 Å². The standard InChI is InChI=1S/C19H27N5O2/c25-19(20-8-4-10-23-11-13-26-14-12-23)21-9-7-17-15-22-24(16-17)18-5-2-1-3-6-18/h1-3,5-6,15-16H,4,7-14H2,(H2,20,21,25). The average molecular weight is 357 g/mol. The van der Waals surface area contributed by atoms with E-state index in [9.17, 15) is 4.79 Å². The van der Waals surface area contributed by atoms with Crippen molar-refractivity contribution in [3.8, 4) is 5.69 Å². The first-order chi connectivity index (χ1) is 12.8. The maximum atomic E-state index is 11.8. The van der Waals surface area contributed by atoms with Gasteiger partial charge in [-0.1, -0.05) is 18.2 Å². The van der Waals surface area contributed by atoms with Gasteiger partial charge in [0.25, 0.3) is 0 Å². The van der Waals surface area contributed by atoms with E-state index in [1.165, 1.54) is 0 Å². The minimum atomic E-state index is -0.109. The van der Waals surface area contributed by atoms with Gasteiger partial charge in [0, 0.05) is 32.4 Å². The Morgan fingerprint density at radius 2 is 1.88 bits per heavy atom. The van der Waals surface area contributed by atoms with Gasteiger partial charge in [-0.15, -0.1) is 0 Å². The maximum Gasteiger partial charge on any atom is 0.314 e. The first-order valence-corrected chi connectivity index (χ1v) is 9.22. The summed E-state index contributed by atoms with van der Waals surface area (Å²) >= 11 is 0. The predicted octanol–water partition coefficient (Wildman–Crippen LogP) is 1.44. The van der Waals surface area contributed by atoms with Gasteiger partial charge in [0.2, 0.25) is 0 Å². The maximum absolute atomic E-state index is 11.8. The predicted molar refractivity (Wildman–Crippen MR) is 101 cm³/mol. The average Bonchev–Trinajstić information content (AvgIpc) is 3.16. The van der Waals surface area contributed by atoms with Gasteiger partial charge in [-0.05, 0) is 37.1 Å². The lowest BCUT2D eigenvalue weighted by atomic mass is 10.2. The van der Waals surface area contributed by atoms with Gasteiger partial charge in [-0.3, -0.25) is 4.90 Å². The van der Waals surface area contributed by atoms with Crippen LogP contribution in [0.5, 0.6) is 0 Å². The van der Waals surface area contributed by atoms with Gasteiger partial charge in [-0.25, -0.2) is 9.48 Å². The molecule has 0 aliphatic carbocycles. The number of hydrogen-bond acceptors (Lipinski definition) is 4. The number of urea groups is 1. The SMILES string of the molecule is O=C(NCCCN1CCOCC1)NCCc1cnn(-c2ccccc2)c1. The quantitative estimate of drug-likeness (QED) is 0.701. The van der Waals surface area contributed by atoms with Gasteiger partial charge in [-0.2, -0.15) is 5.10 Å². The fourth-order valence-corrected chi connectivity index (χ4v) is 2.92. The second-order valence-corrected chi connectivity index (χ2v) is 6.37. The number of benzene rings is 1. The van der Waals surface area contributed by atoms with Gasteiger partial charge in [0.05, 0.1) is 25.1 Å². The summed E-state index contributed by atoms with van der Waals surface area (Å²) in [6, 6.07) is 9.88. The molecule has 0 unspecified atom stereocenters. The summed E-state index contributed by atoms with van der Waals surface area (Å²) in [6.07, 6.45) is 5.55. The molecule has 7 heteroatoms.